The zero-order chi connectivity index (χ0) is 48.4. The number of rotatable bonds is 27. The largest absolute Gasteiger partial charge is 0.377 e. The number of nitrogens with zero attached hydrogens (tertiary/aromatic N) is 6. The highest BCUT2D eigenvalue weighted by Crippen LogP contribution is 2.25. The second kappa shape index (κ2) is 26.0. The minimum atomic E-state index is -0.722. The van der Waals surface area contributed by atoms with Crippen LogP contribution in [0.15, 0.2) is 43.4 Å². The maximum atomic E-state index is 12.5. The Balaban J connectivity index is 0.708. The van der Waals surface area contributed by atoms with Crippen molar-refractivity contribution in [1.82, 2.24) is 60.3 Å². The summed E-state index contributed by atoms with van der Waals surface area (Å²) in [4.78, 5) is 70.4. The fraction of sp³-hybridized carbons (Fsp3) is 0.500. The van der Waals surface area contributed by atoms with E-state index in [1.807, 2.05) is 52.0 Å². The second-order valence-electron chi connectivity index (χ2n) is 15.5. The van der Waals surface area contributed by atoms with Gasteiger partial charge in [0.05, 0.1) is 101 Å². The van der Waals surface area contributed by atoms with Gasteiger partial charge in [0.15, 0.2) is 33.3 Å². The number of H-pyrrole nitrogens is 2. The summed E-state index contributed by atoms with van der Waals surface area (Å²) in [6.07, 6.45) is 0. The van der Waals surface area contributed by atoms with Crippen molar-refractivity contribution in [2.24, 2.45) is 0 Å². The predicted molar refractivity (Wildman–Crippen MR) is 263 cm³/mol. The first kappa shape index (κ1) is 51.5. The summed E-state index contributed by atoms with van der Waals surface area (Å²) >= 11 is 10.6. The molecule has 6 rings (SSSR count). The molecule has 0 unspecified atom stereocenters. The molecule has 6 N–H and O–H groups in total. The molecule has 0 amide bonds. The van der Waals surface area contributed by atoms with Crippen LogP contribution in [-0.2, 0) is 41.5 Å². The molecule has 0 bridgehead atoms. The van der Waals surface area contributed by atoms with Gasteiger partial charge in [-0.15, -0.1) is 0 Å². The number of ether oxygens (including phenoxy) is 6. The Morgan fingerprint density at radius 2 is 0.779 bits per heavy atom. The maximum absolute atomic E-state index is 12.5. The van der Waals surface area contributed by atoms with Crippen molar-refractivity contribution in [2.45, 2.75) is 40.8 Å². The van der Waals surface area contributed by atoms with Crippen LogP contribution in [0.2, 0.25) is 0 Å². The molecule has 4 aliphatic rings. The molecule has 24 heteroatoms. The van der Waals surface area contributed by atoms with Crippen molar-refractivity contribution >= 4 is 56.7 Å². The molecule has 68 heavy (non-hydrogen) atoms. The summed E-state index contributed by atoms with van der Waals surface area (Å²) in [7, 11) is 0. The van der Waals surface area contributed by atoms with E-state index in [2.05, 4.69) is 51.2 Å². The first-order chi connectivity index (χ1) is 32.9. The van der Waals surface area contributed by atoms with Crippen LogP contribution in [0.4, 0.5) is 0 Å². The van der Waals surface area contributed by atoms with Gasteiger partial charge in [-0.3, -0.25) is 19.6 Å². The predicted octanol–water partition coefficient (Wildman–Crippen LogP) is 0.444. The number of aryl methyl sites for hydroxylation is 4. The van der Waals surface area contributed by atoms with Crippen LogP contribution in [-0.4, -0.2) is 155 Å². The van der Waals surface area contributed by atoms with Crippen molar-refractivity contribution in [2.75, 3.05) is 105 Å². The average Bonchev–Trinajstić information content (AvgIpc) is 3.29. The van der Waals surface area contributed by atoms with Crippen LogP contribution in [0, 0.1) is 27.7 Å². The fourth-order valence-electron chi connectivity index (χ4n) is 6.90. The number of aromatic amines is 2. The Morgan fingerprint density at radius 1 is 0.471 bits per heavy atom. The molecule has 0 aromatic heterocycles. The number of hydrogen-bond donors (Lipinski definition) is 6. The van der Waals surface area contributed by atoms with E-state index in [9.17, 15) is 19.2 Å². The molecule has 0 fully saturated rings. The number of aromatic nitrogens is 8. The lowest BCUT2D eigenvalue weighted by Crippen LogP contribution is -2.39. The minimum Gasteiger partial charge on any atom is -0.377 e. The highest BCUT2D eigenvalue weighted by atomic mass is 32.1. The third kappa shape index (κ3) is 14.8. The summed E-state index contributed by atoms with van der Waals surface area (Å²) in [5, 5.41) is 13.3. The molecular weight excluding hydrogens is 921 g/mol. The smallest absolute Gasteiger partial charge is 0.349 e. The topological polar surface area (TPSA) is 265 Å². The summed E-state index contributed by atoms with van der Waals surface area (Å²) in [5.41, 5.74) is 4.60. The van der Waals surface area contributed by atoms with E-state index in [0.717, 1.165) is 33.3 Å². The number of benzene rings is 2. The van der Waals surface area contributed by atoms with E-state index >= 15 is 0 Å². The van der Waals surface area contributed by atoms with Crippen LogP contribution >= 0.6 is 24.4 Å². The Labute approximate surface area is 401 Å². The Kier molecular flexibility index (Phi) is 19.7. The van der Waals surface area contributed by atoms with Gasteiger partial charge in [-0.25, -0.2) is 19.6 Å². The highest BCUT2D eigenvalue weighted by molar-refractivity contribution is 7.80. The Bertz CT molecular complexity index is 2640. The third-order valence-electron chi connectivity index (χ3n) is 10.6. The summed E-state index contributed by atoms with van der Waals surface area (Å²) in [6.45, 7) is 15.5. The van der Waals surface area contributed by atoms with Gasteiger partial charge in [0.1, 0.15) is 0 Å². The number of nitrogens with one attached hydrogen (secondary N) is 6. The van der Waals surface area contributed by atoms with Crippen molar-refractivity contribution in [1.29, 1.82) is 0 Å². The summed E-state index contributed by atoms with van der Waals surface area (Å²) in [5.74, 6) is 0.435. The maximum Gasteiger partial charge on any atom is 0.349 e. The SMILES string of the molecule is Cc1cc2nc3c(=O)[nH]c(=O)nc-3n(CCOCCOCCNC(=S)NCCOCCOCCNC(=S)NCCOCCOCCn3c4nc(=O)[nH]c(=O)c-4nc4cc(C)c(C)cc43)c2cc1C. The monoisotopic (exact) mass is 978 g/mol. The van der Waals surface area contributed by atoms with Gasteiger partial charge in [-0.05, 0) is 98.6 Å². The summed E-state index contributed by atoms with van der Waals surface area (Å²) < 4.78 is 37.7. The fourth-order valence-corrected chi connectivity index (χ4v) is 7.31. The molecule has 0 spiro atoms. The average molecular weight is 979 g/mol. The molecule has 0 aliphatic carbocycles. The zero-order valence-corrected chi connectivity index (χ0v) is 40.3. The van der Waals surface area contributed by atoms with Crippen LogP contribution in [0.3, 0.4) is 0 Å². The molecule has 0 saturated heterocycles. The quantitative estimate of drug-likeness (QED) is 0.0232. The van der Waals surface area contributed by atoms with Crippen LogP contribution in [0.5, 0.6) is 0 Å². The van der Waals surface area contributed by atoms with E-state index in [1.165, 1.54) is 0 Å². The molecule has 4 aliphatic heterocycles. The van der Waals surface area contributed by atoms with Crippen LogP contribution in [0.1, 0.15) is 22.3 Å². The van der Waals surface area contributed by atoms with Crippen LogP contribution < -0.4 is 43.8 Å². The van der Waals surface area contributed by atoms with E-state index in [0.29, 0.717) is 140 Å². The van der Waals surface area contributed by atoms with Gasteiger partial charge in [0.2, 0.25) is 0 Å². The van der Waals surface area contributed by atoms with Crippen LogP contribution in [0.25, 0.3) is 45.1 Å². The van der Waals surface area contributed by atoms with E-state index < -0.39 is 22.5 Å². The molecule has 366 valence electrons. The zero-order valence-electron chi connectivity index (χ0n) is 38.6. The second-order valence-corrected chi connectivity index (χ2v) is 16.3. The Hall–Kier alpha value is -5.86. The van der Waals surface area contributed by atoms with Gasteiger partial charge >= 0.3 is 11.4 Å². The van der Waals surface area contributed by atoms with E-state index in [4.69, 9.17) is 52.9 Å². The lowest BCUT2D eigenvalue weighted by atomic mass is 10.1. The molecule has 0 radical (unpaired) electrons. The highest BCUT2D eigenvalue weighted by Gasteiger charge is 2.21. The van der Waals surface area contributed by atoms with Crippen molar-refractivity contribution in [3.8, 4) is 23.0 Å². The lowest BCUT2D eigenvalue weighted by molar-refractivity contribution is 0.0469. The van der Waals surface area contributed by atoms with Gasteiger partial charge in [-0.2, -0.15) is 9.97 Å². The van der Waals surface area contributed by atoms with Gasteiger partial charge < -0.3 is 58.8 Å². The number of thiocarbonyl (C=S) groups is 2. The van der Waals surface area contributed by atoms with Crippen molar-refractivity contribution in [3.05, 3.63) is 88.2 Å². The number of hydrogen-bond acceptors (Lipinski definition) is 16. The molecule has 22 nitrogen and oxygen atoms in total. The van der Waals surface area contributed by atoms with Crippen molar-refractivity contribution in [3.63, 3.8) is 0 Å². The molecule has 4 heterocycles. The normalized spacial score (nSPS) is 11.5. The first-order valence-corrected chi connectivity index (χ1v) is 23.0. The van der Waals surface area contributed by atoms with Crippen molar-refractivity contribution < 1.29 is 28.4 Å². The molecule has 2 aromatic rings. The summed E-state index contributed by atoms with van der Waals surface area (Å²) in [6, 6.07) is 7.77. The molecular formula is C44H58N12O10S2. The van der Waals surface area contributed by atoms with E-state index in [1.54, 1.807) is 9.13 Å². The minimum absolute atomic E-state index is 0.104. The third-order valence-corrected chi connectivity index (χ3v) is 11.2. The molecule has 2 aromatic carbocycles. The molecule has 0 saturated carbocycles. The number of fused-ring (bicyclic) bond motifs is 4. The van der Waals surface area contributed by atoms with E-state index in [-0.39, 0.29) is 23.0 Å². The molecule has 0 atom stereocenters. The van der Waals surface area contributed by atoms with Gasteiger partial charge in [0, 0.05) is 39.3 Å². The standard InChI is InChI=1S/C44H58N12O10S2/c1-27-23-31-33(25-29(27)3)55(37-35(49-31)39(57)53-41(59)51-37)9-15-65-21-19-63-13-7-47-43(67)45-5-11-61-17-18-62-12-6-46-44(68)48-8-14-64-20-22-66-16-10-56-34-26-30(4)28(2)24-32(34)50-36-38(56)52-42(60)54-40(36)58/h23-26H,5-22H2,1-4H3,(H2,45,47,67)(H2,46,48,68)(H,53,57,59)(H,54,58,60). The van der Waals surface area contributed by atoms with Gasteiger partial charge in [-0.1, -0.05) is 0 Å². The van der Waals surface area contributed by atoms with Gasteiger partial charge in [0.25, 0.3) is 11.1 Å². The first-order valence-electron chi connectivity index (χ1n) is 22.2. The lowest BCUT2D eigenvalue weighted by Gasteiger charge is -2.18. The Morgan fingerprint density at radius 3 is 1.12 bits per heavy atom.